The van der Waals surface area contributed by atoms with Gasteiger partial charge in [0, 0.05) is 23.7 Å². The van der Waals surface area contributed by atoms with Crippen molar-refractivity contribution >= 4 is 21.2 Å². The van der Waals surface area contributed by atoms with Gasteiger partial charge in [0.25, 0.3) is 0 Å². The molecule has 7 heteroatoms. The lowest BCUT2D eigenvalue weighted by atomic mass is 10.2. The highest BCUT2D eigenvalue weighted by atomic mass is 32.2. The Labute approximate surface area is 98.4 Å². The third-order valence-electron chi connectivity index (χ3n) is 2.50. The molecule has 2 atom stereocenters. The Balaban J connectivity index is 1.92. The number of thiazole rings is 1. The number of nitrogens with one attached hydrogen (secondary N) is 1. The van der Waals surface area contributed by atoms with Crippen LogP contribution in [0.3, 0.4) is 0 Å². The summed E-state index contributed by atoms with van der Waals surface area (Å²) >= 11 is 1.53. The van der Waals surface area contributed by atoms with Crippen LogP contribution in [0.5, 0.6) is 0 Å². The number of aliphatic hydroxyl groups excluding tert-OH is 1. The highest BCUT2D eigenvalue weighted by molar-refractivity contribution is 7.91. The van der Waals surface area contributed by atoms with E-state index in [-0.39, 0.29) is 17.5 Å². The number of aromatic nitrogens is 1. The van der Waals surface area contributed by atoms with Crippen molar-refractivity contribution in [2.45, 2.75) is 25.6 Å². The maximum absolute atomic E-state index is 11.3. The molecule has 0 spiro atoms. The predicted octanol–water partition coefficient (Wildman–Crippen LogP) is -0.301. The normalized spacial score (nSPS) is 28.4. The molecule has 0 bridgehead atoms. The predicted molar refractivity (Wildman–Crippen MR) is 62.1 cm³/mol. The summed E-state index contributed by atoms with van der Waals surface area (Å²) in [5, 5.41) is 15.4. The van der Waals surface area contributed by atoms with Crippen molar-refractivity contribution in [1.29, 1.82) is 0 Å². The van der Waals surface area contributed by atoms with Crippen LogP contribution in [0.4, 0.5) is 0 Å². The summed E-state index contributed by atoms with van der Waals surface area (Å²) in [6.45, 7) is 2.42. The summed E-state index contributed by atoms with van der Waals surface area (Å²) in [6, 6.07) is -0.366. The smallest absolute Gasteiger partial charge is 0.154 e. The van der Waals surface area contributed by atoms with Crippen molar-refractivity contribution in [3.63, 3.8) is 0 Å². The molecule has 0 amide bonds. The monoisotopic (exact) mass is 262 g/mol. The molecule has 0 aromatic carbocycles. The first-order valence-corrected chi connectivity index (χ1v) is 7.69. The number of hydrogen-bond acceptors (Lipinski definition) is 6. The van der Waals surface area contributed by atoms with Crippen LogP contribution in [0.1, 0.15) is 10.7 Å². The van der Waals surface area contributed by atoms with E-state index in [4.69, 9.17) is 0 Å². The molecule has 0 radical (unpaired) electrons. The minimum absolute atomic E-state index is 0.0124. The molecular formula is C9H14N2O3S2. The highest BCUT2D eigenvalue weighted by Gasteiger charge is 2.35. The second-order valence-corrected chi connectivity index (χ2v) is 7.11. The zero-order chi connectivity index (χ0) is 11.8. The summed E-state index contributed by atoms with van der Waals surface area (Å²) in [7, 11) is -3.07. The first kappa shape index (κ1) is 12.0. The second-order valence-electron chi connectivity index (χ2n) is 4.01. The number of aliphatic hydroxyl groups is 1. The van der Waals surface area contributed by atoms with Crippen molar-refractivity contribution in [3.8, 4) is 0 Å². The van der Waals surface area contributed by atoms with E-state index in [1.807, 2.05) is 12.3 Å². The molecule has 2 unspecified atom stereocenters. The Kier molecular flexibility index (Phi) is 3.29. The van der Waals surface area contributed by atoms with E-state index in [9.17, 15) is 13.5 Å². The van der Waals surface area contributed by atoms with Crippen molar-refractivity contribution in [2.24, 2.45) is 0 Å². The molecule has 1 aliphatic heterocycles. The summed E-state index contributed by atoms with van der Waals surface area (Å²) in [5.41, 5.74) is 0.960. The van der Waals surface area contributed by atoms with Gasteiger partial charge in [-0.3, -0.25) is 0 Å². The molecule has 16 heavy (non-hydrogen) atoms. The minimum atomic E-state index is -3.07. The van der Waals surface area contributed by atoms with Crippen molar-refractivity contribution < 1.29 is 13.5 Å². The summed E-state index contributed by atoms with van der Waals surface area (Å²) in [4.78, 5) is 4.26. The van der Waals surface area contributed by atoms with Crippen molar-refractivity contribution in [3.05, 3.63) is 16.1 Å². The molecule has 2 heterocycles. The Morgan fingerprint density at radius 3 is 2.88 bits per heavy atom. The molecule has 1 aromatic rings. The minimum Gasteiger partial charge on any atom is -0.390 e. The molecule has 1 aromatic heterocycles. The van der Waals surface area contributed by atoms with Crippen LogP contribution >= 0.6 is 11.3 Å². The van der Waals surface area contributed by atoms with Gasteiger partial charge in [0.05, 0.1) is 17.6 Å². The Morgan fingerprint density at radius 2 is 2.38 bits per heavy atom. The number of sulfone groups is 1. The second kappa shape index (κ2) is 4.40. The average Bonchev–Trinajstić information content (AvgIpc) is 2.67. The van der Waals surface area contributed by atoms with Gasteiger partial charge in [-0.2, -0.15) is 0 Å². The fourth-order valence-corrected chi connectivity index (χ4v) is 4.22. The molecule has 2 N–H and O–H groups in total. The molecule has 0 aliphatic carbocycles. The van der Waals surface area contributed by atoms with Crippen LogP contribution in [0.15, 0.2) is 5.38 Å². The van der Waals surface area contributed by atoms with Gasteiger partial charge in [0.2, 0.25) is 0 Å². The highest BCUT2D eigenvalue weighted by Crippen LogP contribution is 2.14. The van der Waals surface area contributed by atoms with Crippen LogP contribution in [0.2, 0.25) is 0 Å². The maximum Gasteiger partial charge on any atom is 0.154 e. The first-order chi connectivity index (χ1) is 7.46. The first-order valence-electron chi connectivity index (χ1n) is 4.99. The van der Waals surface area contributed by atoms with Crippen molar-refractivity contribution in [2.75, 3.05) is 11.5 Å². The Bertz CT molecular complexity index is 469. The number of rotatable bonds is 3. The van der Waals surface area contributed by atoms with Gasteiger partial charge < -0.3 is 10.4 Å². The topological polar surface area (TPSA) is 79.3 Å². The molecule has 1 aliphatic rings. The van der Waals surface area contributed by atoms with Crippen LogP contribution in [-0.2, 0) is 16.4 Å². The fraction of sp³-hybridized carbons (Fsp3) is 0.667. The fourth-order valence-electron chi connectivity index (χ4n) is 1.73. The lowest BCUT2D eigenvalue weighted by Gasteiger charge is -2.13. The van der Waals surface area contributed by atoms with Gasteiger partial charge >= 0.3 is 0 Å². The quantitative estimate of drug-likeness (QED) is 0.782. The third-order valence-corrected chi connectivity index (χ3v) is 5.19. The van der Waals surface area contributed by atoms with E-state index in [0.717, 1.165) is 10.7 Å². The van der Waals surface area contributed by atoms with E-state index in [0.29, 0.717) is 6.54 Å². The van der Waals surface area contributed by atoms with Gasteiger partial charge in [-0.15, -0.1) is 11.3 Å². The van der Waals surface area contributed by atoms with Crippen LogP contribution in [-0.4, -0.2) is 42.2 Å². The summed E-state index contributed by atoms with van der Waals surface area (Å²) < 4.78 is 22.5. The van der Waals surface area contributed by atoms with Gasteiger partial charge in [-0.1, -0.05) is 0 Å². The summed E-state index contributed by atoms with van der Waals surface area (Å²) in [5.74, 6) is -0.125. The van der Waals surface area contributed by atoms with Gasteiger partial charge in [-0.05, 0) is 6.92 Å². The lowest BCUT2D eigenvalue weighted by Crippen LogP contribution is -2.38. The maximum atomic E-state index is 11.3. The molecular weight excluding hydrogens is 248 g/mol. The number of hydrogen-bond donors (Lipinski definition) is 2. The summed E-state index contributed by atoms with van der Waals surface area (Å²) in [6.07, 6.45) is -0.800. The van der Waals surface area contributed by atoms with Gasteiger partial charge in [0.15, 0.2) is 9.84 Å². The molecule has 1 saturated heterocycles. The van der Waals surface area contributed by atoms with E-state index in [1.165, 1.54) is 11.3 Å². The Morgan fingerprint density at radius 1 is 1.62 bits per heavy atom. The lowest BCUT2D eigenvalue weighted by molar-refractivity contribution is 0.165. The SMILES string of the molecule is Cc1csc(CNC2CS(=O)(=O)CC2O)n1. The molecule has 0 saturated carbocycles. The molecule has 5 nitrogen and oxygen atoms in total. The van der Waals surface area contributed by atoms with Crippen LogP contribution in [0, 0.1) is 6.92 Å². The zero-order valence-corrected chi connectivity index (χ0v) is 10.5. The van der Waals surface area contributed by atoms with E-state index in [1.54, 1.807) is 0 Å². The standard InChI is InChI=1S/C9H14N2O3S2/c1-6-3-15-9(11-6)2-10-7-4-16(13,14)5-8(7)12/h3,7-8,10,12H,2,4-5H2,1H3. The largest absolute Gasteiger partial charge is 0.390 e. The van der Waals surface area contributed by atoms with Gasteiger partial charge in [0.1, 0.15) is 5.01 Å². The van der Waals surface area contributed by atoms with E-state index >= 15 is 0 Å². The molecule has 90 valence electrons. The third kappa shape index (κ3) is 2.79. The average molecular weight is 262 g/mol. The Hall–Kier alpha value is -0.500. The van der Waals surface area contributed by atoms with Gasteiger partial charge in [-0.25, -0.2) is 13.4 Å². The molecule has 1 fully saturated rings. The van der Waals surface area contributed by atoms with E-state index < -0.39 is 15.9 Å². The zero-order valence-electron chi connectivity index (χ0n) is 8.88. The number of nitrogens with zero attached hydrogens (tertiary/aromatic N) is 1. The van der Waals surface area contributed by atoms with Crippen LogP contribution < -0.4 is 5.32 Å². The number of aryl methyl sites for hydroxylation is 1. The van der Waals surface area contributed by atoms with Crippen LogP contribution in [0.25, 0.3) is 0 Å². The molecule has 2 rings (SSSR count). The van der Waals surface area contributed by atoms with Crippen molar-refractivity contribution in [1.82, 2.24) is 10.3 Å². The van der Waals surface area contributed by atoms with E-state index in [2.05, 4.69) is 10.3 Å².